The molecule has 0 fully saturated rings. The summed E-state index contributed by atoms with van der Waals surface area (Å²) < 4.78 is 12.1. The molecule has 0 saturated heterocycles. The van der Waals surface area contributed by atoms with Crippen LogP contribution in [-0.2, 0) is 24.2 Å². The van der Waals surface area contributed by atoms with Gasteiger partial charge in [0.25, 0.3) is 5.91 Å². The van der Waals surface area contributed by atoms with Gasteiger partial charge in [-0.15, -0.1) is 6.58 Å². The standard InChI is InChI=1S/C32H29Cl2N3O3/c1-3-7-23-14-22(17-30(39-4-2)31(23)40-20-21-10-11-27(33)28(34)16-21)15-25(18-35)32(38)36-13-12-24-19-37-29-9-6-5-8-26(24)29/h3,5-6,8-11,14-17,19,37H,1,4,7,12-13,20H2,2H3,(H,36,38)/b25-15-. The average molecular weight is 575 g/mol. The molecule has 8 heteroatoms. The Labute approximate surface area is 243 Å². The summed E-state index contributed by atoms with van der Waals surface area (Å²) in [5, 5.41) is 14.7. The van der Waals surface area contributed by atoms with Gasteiger partial charge in [0.15, 0.2) is 11.5 Å². The van der Waals surface area contributed by atoms with Gasteiger partial charge in [-0.2, -0.15) is 5.26 Å². The van der Waals surface area contributed by atoms with Crippen LogP contribution in [0.1, 0.15) is 29.2 Å². The fourth-order valence-corrected chi connectivity index (χ4v) is 4.67. The molecular formula is C32H29Cl2N3O3. The van der Waals surface area contributed by atoms with E-state index in [1.165, 1.54) is 0 Å². The maximum Gasteiger partial charge on any atom is 0.261 e. The van der Waals surface area contributed by atoms with Gasteiger partial charge >= 0.3 is 0 Å². The molecule has 1 amide bonds. The van der Waals surface area contributed by atoms with E-state index < -0.39 is 5.91 Å². The fraction of sp³-hybridized carbons (Fsp3) is 0.188. The smallest absolute Gasteiger partial charge is 0.261 e. The molecule has 0 aliphatic heterocycles. The number of nitrogens with one attached hydrogen (secondary N) is 2. The number of ether oxygens (including phenoxy) is 2. The normalized spacial score (nSPS) is 11.2. The summed E-state index contributed by atoms with van der Waals surface area (Å²) in [6.07, 6.45) is 6.39. The molecule has 0 unspecified atom stereocenters. The Morgan fingerprint density at radius 3 is 2.67 bits per heavy atom. The van der Waals surface area contributed by atoms with Crippen LogP contribution in [0.2, 0.25) is 10.0 Å². The minimum atomic E-state index is -0.439. The molecule has 0 atom stereocenters. The largest absolute Gasteiger partial charge is 0.490 e. The van der Waals surface area contributed by atoms with Crippen LogP contribution in [0.4, 0.5) is 0 Å². The molecule has 1 aromatic heterocycles. The summed E-state index contributed by atoms with van der Waals surface area (Å²) in [5.41, 5.74) is 4.45. The number of amides is 1. The lowest BCUT2D eigenvalue weighted by molar-refractivity contribution is -0.117. The molecule has 0 bridgehead atoms. The molecule has 0 aliphatic rings. The van der Waals surface area contributed by atoms with Gasteiger partial charge in [-0.25, -0.2) is 0 Å². The molecule has 4 rings (SSSR count). The van der Waals surface area contributed by atoms with Crippen molar-refractivity contribution in [1.29, 1.82) is 5.26 Å². The number of hydrogen-bond acceptors (Lipinski definition) is 4. The average Bonchev–Trinajstić information content (AvgIpc) is 3.36. The zero-order chi connectivity index (χ0) is 28.5. The van der Waals surface area contributed by atoms with Crippen molar-refractivity contribution in [2.24, 2.45) is 0 Å². The maximum absolute atomic E-state index is 12.9. The predicted octanol–water partition coefficient (Wildman–Crippen LogP) is 7.45. The highest BCUT2D eigenvalue weighted by Crippen LogP contribution is 2.36. The van der Waals surface area contributed by atoms with Gasteiger partial charge in [0, 0.05) is 29.2 Å². The molecule has 1 heterocycles. The first-order chi connectivity index (χ1) is 19.4. The number of carbonyl (C=O) groups is 1. The number of aromatic nitrogens is 1. The van der Waals surface area contributed by atoms with Crippen LogP contribution in [0, 0.1) is 11.3 Å². The van der Waals surface area contributed by atoms with Gasteiger partial charge in [0.2, 0.25) is 0 Å². The number of halogens is 2. The van der Waals surface area contributed by atoms with Gasteiger partial charge in [0.1, 0.15) is 18.2 Å². The number of carbonyl (C=O) groups excluding carboxylic acids is 1. The van der Waals surface area contributed by atoms with E-state index in [1.54, 1.807) is 30.4 Å². The van der Waals surface area contributed by atoms with Crippen LogP contribution in [-0.4, -0.2) is 24.0 Å². The zero-order valence-electron chi connectivity index (χ0n) is 22.1. The van der Waals surface area contributed by atoms with E-state index in [0.29, 0.717) is 53.1 Å². The number of para-hydroxylation sites is 1. The number of aromatic amines is 1. The molecular weight excluding hydrogens is 545 g/mol. The number of fused-ring (bicyclic) bond motifs is 1. The van der Waals surface area contributed by atoms with Crippen LogP contribution < -0.4 is 14.8 Å². The molecule has 0 saturated carbocycles. The van der Waals surface area contributed by atoms with E-state index in [2.05, 4.69) is 16.9 Å². The Bertz CT molecular complexity index is 1600. The molecule has 3 aromatic carbocycles. The number of allylic oxidation sites excluding steroid dienone is 1. The van der Waals surface area contributed by atoms with Crippen molar-refractivity contribution in [3.05, 3.63) is 111 Å². The first-order valence-corrected chi connectivity index (χ1v) is 13.6. The molecule has 40 heavy (non-hydrogen) atoms. The van der Waals surface area contributed by atoms with Crippen LogP contribution in [0.5, 0.6) is 11.5 Å². The third-order valence-corrected chi connectivity index (χ3v) is 6.96. The van der Waals surface area contributed by atoms with Crippen molar-refractivity contribution >= 4 is 46.1 Å². The second kappa shape index (κ2) is 13.7. The van der Waals surface area contributed by atoms with E-state index in [9.17, 15) is 10.1 Å². The summed E-state index contributed by atoms with van der Waals surface area (Å²) in [6.45, 7) is 6.78. The third-order valence-electron chi connectivity index (χ3n) is 6.22. The molecule has 0 radical (unpaired) electrons. The highest BCUT2D eigenvalue weighted by Gasteiger charge is 2.16. The number of hydrogen-bond donors (Lipinski definition) is 2. The maximum atomic E-state index is 12.9. The van der Waals surface area contributed by atoms with Gasteiger partial charge < -0.3 is 19.8 Å². The van der Waals surface area contributed by atoms with Crippen LogP contribution in [0.25, 0.3) is 17.0 Å². The van der Waals surface area contributed by atoms with E-state index in [-0.39, 0.29) is 12.2 Å². The third kappa shape index (κ3) is 7.06. The number of nitrogens with zero attached hydrogens (tertiary/aromatic N) is 1. The van der Waals surface area contributed by atoms with E-state index >= 15 is 0 Å². The minimum absolute atomic E-state index is 0.00426. The number of rotatable bonds is 12. The Balaban J connectivity index is 1.52. The van der Waals surface area contributed by atoms with Crippen molar-refractivity contribution in [1.82, 2.24) is 10.3 Å². The first kappa shape index (κ1) is 28.8. The number of H-pyrrole nitrogens is 1. The second-order valence-corrected chi connectivity index (χ2v) is 9.82. The summed E-state index contributed by atoms with van der Waals surface area (Å²) >= 11 is 12.2. The van der Waals surface area contributed by atoms with Crippen molar-refractivity contribution in [3.8, 4) is 17.6 Å². The lowest BCUT2D eigenvalue weighted by Crippen LogP contribution is -2.26. The minimum Gasteiger partial charge on any atom is -0.490 e. The van der Waals surface area contributed by atoms with Gasteiger partial charge in [-0.05, 0) is 72.9 Å². The van der Waals surface area contributed by atoms with Gasteiger partial charge in [0.05, 0.1) is 16.7 Å². The van der Waals surface area contributed by atoms with Crippen LogP contribution >= 0.6 is 23.2 Å². The number of benzene rings is 3. The molecule has 0 spiro atoms. The second-order valence-electron chi connectivity index (χ2n) is 9.01. The highest BCUT2D eigenvalue weighted by atomic mass is 35.5. The molecule has 0 aliphatic carbocycles. The van der Waals surface area contributed by atoms with Gasteiger partial charge in [-0.3, -0.25) is 4.79 Å². The Morgan fingerprint density at radius 1 is 1.10 bits per heavy atom. The summed E-state index contributed by atoms with van der Waals surface area (Å²) in [5.74, 6) is 0.627. The fourth-order valence-electron chi connectivity index (χ4n) is 4.35. The summed E-state index contributed by atoms with van der Waals surface area (Å²) in [4.78, 5) is 16.1. The Morgan fingerprint density at radius 2 is 1.93 bits per heavy atom. The van der Waals surface area contributed by atoms with Crippen molar-refractivity contribution in [2.75, 3.05) is 13.2 Å². The SMILES string of the molecule is C=CCc1cc(/C=C(/C#N)C(=O)NCCc2c[nH]c3ccccc23)cc(OCC)c1OCc1ccc(Cl)c(Cl)c1. The highest BCUT2D eigenvalue weighted by molar-refractivity contribution is 6.42. The molecule has 204 valence electrons. The van der Waals surface area contributed by atoms with Crippen molar-refractivity contribution in [2.45, 2.75) is 26.4 Å². The molecule has 6 nitrogen and oxygen atoms in total. The van der Waals surface area contributed by atoms with Crippen molar-refractivity contribution in [3.63, 3.8) is 0 Å². The number of nitriles is 1. The van der Waals surface area contributed by atoms with Crippen LogP contribution in [0.15, 0.2) is 79.0 Å². The van der Waals surface area contributed by atoms with E-state index in [1.807, 2.05) is 55.6 Å². The quantitative estimate of drug-likeness (QED) is 0.105. The predicted molar refractivity (Wildman–Crippen MR) is 161 cm³/mol. The van der Waals surface area contributed by atoms with E-state index in [0.717, 1.165) is 27.6 Å². The summed E-state index contributed by atoms with van der Waals surface area (Å²) in [6, 6.07) is 19.0. The summed E-state index contributed by atoms with van der Waals surface area (Å²) in [7, 11) is 0. The molecule has 4 aromatic rings. The van der Waals surface area contributed by atoms with Crippen LogP contribution in [0.3, 0.4) is 0 Å². The topological polar surface area (TPSA) is 87.1 Å². The monoisotopic (exact) mass is 573 g/mol. The Kier molecular flexibility index (Phi) is 9.91. The molecule has 2 N–H and O–H groups in total. The zero-order valence-corrected chi connectivity index (χ0v) is 23.6. The lowest BCUT2D eigenvalue weighted by Gasteiger charge is -2.17. The first-order valence-electron chi connectivity index (χ1n) is 12.9. The Hall–Kier alpha value is -4.18. The lowest BCUT2D eigenvalue weighted by atomic mass is 10.0. The van der Waals surface area contributed by atoms with E-state index in [4.69, 9.17) is 32.7 Å². The van der Waals surface area contributed by atoms with Gasteiger partial charge in [-0.1, -0.05) is 53.5 Å². The van der Waals surface area contributed by atoms with Crippen molar-refractivity contribution < 1.29 is 14.3 Å².